The van der Waals surface area contributed by atoms with Crippen molar-refractivity contribution in [2.75, 3.05) is 17.6 Å². The van der Waals surface area contributed by atoms with Gasteiger partial charge in [-0.05, 0) is 31.4 Å². The molecule has 5 heterocycles. The Bertz CT molecular complexity index is 1650. The Hall–Kier alpha value is -4.13. The molecule has 2 amide bonds. The predicted molar refractivity (Wildman–Crippen MR) is 141 cm³/mol. The summed E-state index contributed by atoms with van der Waals surface area (Å²) in [7, 11) is 1.15. The summed E-state index contributed by atoms with van der Waals surface area (Å²) in [5.41, 5.74) is 7.18. The highest BCUT2D eigenvalue weighted by Crippen LogP contribution is 2.39. The minimum Gasteiger partial charge on any atom is -0.382 e. The summed E-state index contributed by atoms with van der Waals surface area (Å²) in [6, 6.07) is 7.44. The second-order valence-corrected chi connectivity index (χ2v) is 10.4. The highest BCUT2D eigenvalue weighted by atomic mass is 35.5. The van der Waals surface area contributed by atoms with Gasteiger partial charge < -0.3 is 16.0 Å². The predicted octanol–water partition coefficient (Wildman–Crippen LogP) is 4.50. The average molecular weight is 573 g/mol. The van der Waals surface area contributed by atoms with Crippen molar-refractivity contribution in [2.24, 2.45) is 7.05 Å². The summed E-state index contributed by atoms with van der Waals surface area (Å²) in [4.78, 5) is 36.2. The van der Waals surface area contributed by atoms with Gasteiger partial charge in [0.1, 0.15) is 33.7 Å². The molecular weight excluding hydrogens is 549 g/mol. The standard InChI is InChI=1S/C26H24ClF3N8O2/c1-36-17(26(28,29)30)10-19(35-36)33-25(40)14-4-2-13(3-5-14)21-22-23(31)32-11-18(27)38(22)24(34-21)15-6-7-16-8-9-20(39)37(16)12-15/h2-5,10-11,15-16H,6-9,12H2,1H3,(H2,31,32)(H,33,35,40). The number of rotatable bonds is 4. The zero-order chi connectivity index (χ0) is 28.3. The van der Waals surface area contributed by atoms with E-state index in [0.29, 0.717) is 45.4 Å². The molecule has 10 nitrogen and oxygen atoms in total. The van der Waals surface area contributed by atoms with Crippen LogP contribution in [0.3, 0.4) is 0 Å². The third-order valence-corrected chi connectivity index (χ3v) is 7.85. The monoisotopic (exact) mass is 572 g/mol. The summed E-state index contributed by atoms with van der Waals surface area (Å²) >= 11 is 6.57. The molecule has 40 heavy (non-hydrogen) atoms. The lowest BCUT2D eigenvalue weighted by atomic mass is 9.92. The van der Waals surface area contributed by atoms with Crippen molar-refractivity contribution in [3.8, 4) is 11.3 Å². The molecule has 3 aromatic heterocycles. The first kappa shape index (κ1) is 26.1. The Kier molecular flexibility index (Phi) is 6.21. The molecule has 2 atom stereocenters. The molecular formula is C26H24ClF3N8O2. The van der Waals surface area contributed by atoms with Crippen LogP contribution in [0.15, 0.2) is 36.5 Å². The van der Waals surface area contributed by atoms with Crippen molar-refractivity contribution in [1.29, 1.82) is 0 Å². The Labute approximate surface area is 230 Å². The Morgan fingerprint density at radius 1 is 1.18 bits per heavy atom. The van der Waals surface area contributed by atoms with E-state index in [1.807, 2.05) is 4.90 Å². The normalized spacial score (nSPS) is 19.3. The van der Waals surface area contributed by atoms with E-state index in [1.54, 1.807) is 16.5 Å². The number of benzene rings is 1. The van der Waals surface area contributed by atoms with Crippen LogP contribution in [0.25, 0.3) is 16.8 Å². The third kappa shape index (κ3) is 4.43. The molecule has 0 aliphatic carbocycles. The van der Waals surface area contributed by atoms with Crippen molar-refractivity contribution in [3.05, 3.63) is 58.8 Å². The number of halogens is 4. The van der Waals surface area contributed by atoms with Crippen LogP contribution >= 0.6 is 11.6 Å². The van der Waals surface area contributed by atoms with E-state index < -0.39 is 17.8 Å². The highest BCUT2D eigenvalue weighted by Gasteiger charge is 2.39. The number of anilines is 2. The van der Waals surface area contributed by atoms with E-state index in [0.717, 1.165) is 32.4 Å². The van der Waals surface area contributed by atoms with E-state index in [-0.39, 0.29) is 35.1 Å². The number of nitrogens with zero attached hydrogens (tertiary/aromatic N) is 6. The molecule has 4 aromatic rings. The molecule has 0 saturated carbocycles. The number of amides is 2. The summed E-state index contributed by atoms with van der Waals surface area (Å²) in [5.74, 6) is 0.167. The van der Waals surface area contributed by atoms with Gasteiger partial charge in [0.25, 0.3) is 5.91 Å². The summed E-state index contributed by atoms with van der Waals surface area (Å²) < 4.78 is 41.6. The molecule has 1 aromatic carbocycles. The van der Waals surface area contributed by atoms with Gasteiger partial charge >= 0.3 is 6.18 Å². The number of carbonyl (C=O) groups excluding carboxylic acids is 2. The van der Waals surface area contributed by atoms with Crippen LogP contribution in [0.2, 0.25) is 5.15 Å². The van der Waals surface area contributed by atoms with Gasteiger partial charge in [0.2, 0.25) is 5.91 Å². The summed E-state index contributed by atoms with van der Waals surface area (Å²) in [5, 5.41) is 6.45. The minimum absolute atomic E-state index is 0.0520. The van der Waals surface area contributed by atoms with E-state index in [9.17, 15) is 22.8 Å². The van der Waals surface area contributed by atoms with Gasteiger partial charge in [-0.25, -0.2) is 9.97 Å². The van der Waals surface area contributed by atoms with Gasteiger partial charge in [0.05, 0.1) is 6.20 Å². The fraction of sp³-hybridized carbons (Fsp3) is 0.346. The Morgan fingerprint density at radius 3 is 2.62 bits per heavy atom. The summed E-state index contributed by atoms with van der Waals surface area (Å²) in [6.45, 7) is 0.545. The van der Waals surface area contributed by atoms with Crippen molar-refractivity contribution in [3.63, 3.8) is 0 Å². The zero-order valence-corrected chi connectivity index (χ0v) is 22.0. The van der Waals surface area contributed by atoms with E-state index in [2.05, 4.69) is 15.4 Å². The van der Waals surface area contributed by atoms with E-state index in [4.69, 9.17) is 22.3 Å². The Balaban J connectivity index is 1.31. The lowest BCUT2D eigenvalue weighted by Gasteiger charge is -2.34. The molecule has 14 heteroatoms. The van der Waals surface area contributed by atoms with Crippen LogP contribution in [0, 0.1) is 0 Å². The number of carbonyl (C=O) groups is 2. The van der Waals surface area contributed by atoms with Crippen LogP contribution in [0.1, 0.15) is 53.5 Å². The molecule has 0 radical (unpaired) electrons. The smallest absolute Gasteiger partial charge is 0.382 e. The topological polar surface area (TPSA) is 123 Å². The number of hydrogen-bond acceptors (Lipinski definition) is 6. The van der Waals surface area contributed by atoms with Gasteiger partial charge in [-0.1, -0.05) is 23.7 Å². The molecule has 208 valence electrons. The van der Waals surface area contributed by atoms with Crippen molar-refractivity contribution < 1.29 is 22.8 Å². The maximum atomic E-state index is 13.1. The fourth-order valence-electron chi connectivity index (χ4n) is 5.65. The van der Waals surface area contributed by atoms with Crippen molar-refractivity contribution >= 4 is 40.6 Å². The number of nitrogens with two attached hydrogens (primary N) is 1. The molecule has 2 unspecified atom stereocenters. The van der Waals surface area contributed by atoms with Crippen LogP contribution in [-0.4, -0.2) is 53.5 Å². The number of piperidine rings is 1. The van der Waals surface area contributed by atoms with Gasteiger partial charge in [0.15, 0.2) is 5.82 Å². The lowest BCUT2D eigenvalue weighted by molar-refractivity contribution is -0.143. The van der Waals surface area contributed by atoms with Crippen molar-refractivity contribution in [2.45, 2.75) is 43.8 Å². The number of hydrogen-bond donors (Lipinski definition) is 2. The maximum Gasteiger partial charge on any atom is 0.433 e. The zero-order valence-electron chi connectivity index (χ0n) is 21.2. The van der Waals surface area contributed by atoms with Crippen LogP contribution in [0.4, 0.5) is 24.8 Å². The van der Waals surface area contributed by atoms with E-state index in [1.165, 1.54) is 18.3 Å². The molecule has 6 rings (SSSR count). The first-order valence-electron chi connectivity index (χ1n) is 12.7. The lowest BCUT2D eigenvalue weighted by Crippen LogP contribution is -2.41. The largest absolute Gasteiger partial charge is 0.433 e. The number of nitrogens with one attached hydrogen (secondary N) is 1. The fourth-order valence-corrected chi connectivity index (χ4v) is 5.87. The van der Waals surface area contributed by atoms with Gasteiger partial charge in [0, 0.05) is 49.2 Å². The average Bonchev–Trinajstić information content (AvgIpc) is 3.61. The number of nitrogen functional groups attached to an aromatic ring is 1. The molecule has 2 fully saturated rings. The van der Waals surface area contributed by atoms with Crippen molar-refractivity contribution in [1.82, 2.24) is 29.0 Å². The van der Waals surface area contributed by atoms with Crippen LogP contribution < -0.4 is 11.1 Å². The maximum absolute atomic E-state index is 13.1. The van der Waals surface area contributed by atoms with E-state index >= 15 is 0 Å². The number of aryl methyl sites for hydroxylation is 1. The van der Waals surface area contributed by atoms with Gasteiger partial charge in [-0.3, -0.25) is 18.7 Å². The first-order valence-corrected chi connectivity index (χ1v) is 13.0. The number of fused-ring (bicyclic) bond motifs is 2. The molecule has 2 aliphatic heterocycles. The highest BCUT2D eigenvalue weighted by molar-refractivity contribution is 6.30. The minimum atomic E-state index is -4.60. The molecule has 3 N–H and O–H groups in total. The third-order valence-electron chi connectivity index (χ3n) is 7.59. The quantitative estimate of drug-likeness (QED) is 0.371. The molecule has 2 aliphatic rings. The molecule has 0 bridgehead atoms. The Morgan fingerprint density at radius 2 is 1.93 bits per heavy atom. The van der Waals surface area contributed by atoms with Crippen LogP contribution in [0.5, 0.6) is 0 Å². The molecule has 2 saturated heterocycles. The summed E-state index contributed by atoms with van der Waals surface area (Å²) in [6.07, 6.45) is 0.0205. The van der Waals surface area contributed by atoms with Gasteiger partial charge in [-0.2, -0.15) is 18.3 Å². The number of aromatic nitrogens is 5. The van der Waals surface area contributed by atoms with Gasteiger partial charge in [-0.15, -0.1) is 0 Å². The number of alkyl halides is 3. The second-order valence-electron chi connectivity index (χ2n) is 10.0. The molecule has 0 spiro atoms. The van der Waals surface area contributed by atoms with Crippen LogP contribution in [-0.2, 0) is 18.0 Å². The first-order chi connectivity index (χ1) is 19.0. The number of imidazole rings is 1. The SMILES string of the molecule is Cn1nc(NC(=O)c2ccc(-c3nc(C4CCC5CCC(=O)N5C4)n4c(Cl)cnc(N)c34)cc2)cc1C(F)(F)F. The second kappa shape index (κ2) is 9.51.